The van der Waals surface area contributed by atoms with E-state index in [0.717, 1.165) is 18.6 Å². The Hall–Kier alpha value is -0.220. The molecule has 2 aliphatic rings. The molecule has 1 saturated carbocycles. The van der Waals surface area contributed by atoms with Gasteiger partial charge >= 0.3 is 0 Å². The van der Waals surface area contributed by atoms with Crippen LogP contribution in [0.2, 0.25) is 0 Å². The average molecular weight is 284 g/mol. The Kier molecular flexibility index (Phi) is 5.58. The van der Waals surface area contributed by atoms with E-state index in [0.29, 0.717) is 24.0 Å². The standard InChI is InChI=1S/C15H28N2OS/c1-4-7-13-15(18)17(11(2)10-19-3)14(16-13)12-8-5-6-9-12/h11-14,16H,4-10H2,1-3H3. The minimum Gasteiger partial charge on any atom is -0.322 e. The molecule has 1 aliphatic carbocycles. The number of nitrogens with one attached hydrogen (secondary N) is 1. The SMILES string of the molecule is CCCC1NC(C2CCCC2)N(C(C)CSC)C1=O. The summed E-state index contributed by atoms with van der Waals surface area (Å²) >= 11 is 1.84. The van der Waals surface area contributed by atoms with E-state index in [2.05, 4.69) is 30.3 Å². The highest BCUT2D eigenvalue weighted by atomic mass is 32.2. The van der Waals surface area contributed by atoms with Crippen molar-refractivity contribution in [3.8, 4) is 0 Å². The van der Waals surface area contributed by atoms with Crippen LogP contribution < -0.4 is 5.32 Å². The fourth-order valence-electron chi connectivity index (χ4n) is 3.62. The molecule has 2 fully saturated rings. The molecule has 4 heteroatoms. The fraction of sp³-hybridized carbons (Fsp3) is 0.933. The molecule has 2 rings (SSSR count). The van der Waals surface area contributed by atoms with Crippen LogP contribution in [0.3, 0.4) is 0 Å². The molecule has 19 heavy (non-hydrogen) atoms. The number of nitrogens with zero attached hydrogens (tertiary/aromatic N) is 1. The number of hydrogen-bond donors (Lipinski definition) is 1. The first-order chi connectivity index (χ1) is 9.19. The lowest BCUT2D eigenvalue weighted by atomic mass is 10.0. The van der Waals surface area contributed by atoms with Gasteiger partial charge in [-0.1, -0.05) is 26.2 Å². The maximum atomic E-state index is 12.6. The highest BCUT2D eigenvalue weighted by Gasteiger charge is 2.44. The van der Waals surface area contributed by atoms with Gasteiger partial charge in [-0.2, -0.15) is 11.8 Å². The van der Waals surface area contributed by atoms with Crippen molar-refractivity contribution in [3.63, 3.8) is 0 Å². The lowest BCUT2D eigenvalue weighted by molar-refractivity contribution is -0.132. The highest BCUT2D eigenvalue weighted by molar-refractivity contribution is 7.98. The zero-order chi connectivity index (χ0) is 13.8. The maximum Gasteiger partial charge on any atom is 0.241 e. The van der Waals surface area contributed by atoms with Gasteiger partial charge in [0, 0.05) is 11.8 Å². The largest absolute Gasteiger partial charge is 0.322 e. The second kappa shape index (κ2) is 6.98. The lowest BCUT2D eigenvalue weighted by Crippen LogP contribution is -2.47. The second-order valence-corrected chi connectivity index (χ2v) is 6.96. The van der Waals surface area contributed by atoms with E-state index in [1.54, 1.807) is 0 Å². The average Bonchev–Trinajstić information content (AvgIpc) is 2.99. The number of rotatable bonds is 6. The quantitative estimate of drug-likeness (QED) is 0.814. The minimum atomic E-state index is 0.0694. The van der Waals surface area contributed by atoms with Gasteiger partial charge in [-0.15, -0.1) is 0 Å². The normalized spacial score (nSPS) is 30.3. The molecule has 3 nitrogen and oxygen atoms in total. The zero-order valence-electron chi connectivity index (χ0n) is 12.5. The van der Waals surface area contributed by atoms with Gasteiger partial charge in [0.1, 0.15) is 0 Å². The fourth-order valence-corrected chi connectivity index (χ4v) is 4.26. The third-order valence-corrected chi connectivity index (χ3v) is 5.35. The molecule has 1 amide bonds. The topological polar surface area (TPSA) is 32.3 Å². The van der Waals surface area contributed by atoms with Gasteiger partial charge in [0.25, 0.3) is 0 Å². The summed E-state index contributed by atoms with van der Waals surface area (Å²) in [5.74, 6) is 2.06. The monoisotopic (exact) mass is 284 g/mol. The van der Waals surface area contributed by atoms with Crippen molar-refractivity contribution in [3.05, 3.63) is 0 Å². The smallest absolute Gasteiger partial charge is 0.241 e. The summed E-state index contributed by atoms with van der Waals surface area (Å²) in [6.07, 6.45) is 9.71. The third-order valence-electron chi connectivity index (χ3n) is 4.53. The number of hydrogen-bond acceptors (Lipinski definition) is 3. The number of thioether (sulfide) groups is 1. The third kappa shape index (κ3) is 3.27. The summed E-state index contributed by atoms with van der Waals surface area (Å²) in [6.45, 7) is 4.36. The van der Waals surface area contributed by atoms with E-state index in [1.165, 1.54) is 25.7 Å². The van der Waals surface area contributed by atoms with Crippen molar-refractivity contribution < 1.29 is 4.79 Å². The Morgan fingerprint density at radius 2 is 2.11 bits per heavy atom. The molecule has 0 aromatic carbocycles. The Morgan fingerprint density at radius 3 is 2.68 bits per heavy atom. The van der Waals surface area contributed by atoms with E-state index >= 15 is 0 Å². The zero-order valence-corrected chi connectivity index (χ0v) is 13.3. The molecule has 0 bridgehead atoms. The van der Waals surface area contributed by atoms with Crippen molar-refractivity contribution in [2.75, 3.05) is 12.0 Å². The summed E-state index contributed by atoms with van der Waals surface area (Å²) in [5.41, 5.74) is 0. The molecule has 0 aromatic rings. The van der Waals surface area contributed by atoms with Gasteiger partial charge in [0.15, 0.2) is 0 Å². The molecule has 1 saturated heterocycles. The Bertz CT molecular complexity index is 305. The highest BCUT2D eigenvalue weighted by Crippen LogP contribution is 2.33. The number of amides is 1. The minimum absolute atomic E-state index is 0.0694. The molecule has 1 heterocycles. The van der Waals surface area contributed by atoms with Crippen LogP contribution in [0.15, 0.2) is 0 Å². The van der Waals surface area contributed by atoms with Crippen LogP contribution in [0.1, 0.15) is 52.4 Å². The molecule has 1 aliphatic heterocycles. The van der Waals surface area contributed by atoms with Crippen molar-refractivity contribution in [1.29, 1.82) is 0 Å². The Morgan fingerprint density at radius 1 is 1.42 bits per heavy atom. The van der Waals surface area contributed by atoms with Gasteiger partial charge in [0.05, 0.1) is 12.2 Å². The second-order valence-electron chi connectivity index (χ2n) is 6.05. The molecule has 1 N–H and O–H groups in total. The summed E-state index contributed by atoms with van der Waals surface area (Å²) < 4.78 is 0. The summed E-state index contributed by atoms with van der Waals surface area (Å²) in [6, 6.07) is 0.419. The van der Waals surface area contributed by atoms with Gasteiger partial charge < -0.3 is 4.90 Å². The van der Waals surface area contributed by atoms with Gasteiger partial charge in [-0.3, -0.25) is 10.1 Å². The van der Waals surface area contributed by atoms with E-state index in [4.69, 9.17) is 0 Å². The molecule has 110 valence electrons. The van der Waals surface area contributed by atoms with Gasteiger partial charge in [-0.05, 0) is 38.4 Å². The van der Waals surface area contributed by atoms with Crippen LogP contribution in [-0.4, -0.2) is 41.1 Å². The molecule has 0 spiro atoms. The van der Waals surface area contributed by atoms with Crippen LogP contribution in [0.5, 0.6) is 0 Å². The van der Waals surface area contributed by atoms with E-state index in [9.17, 15) is 4.79 Å². The number of carbonyl (C=O) groups excluding carboxylic acids is 1. The van der Waals surface area contributed by atoms with Crippen molar-refractivity contribution in [2.45, 2.75) is 70.6 Å². The van der Waals surface area contributed by atoms with Crippen molar-refractivity contribution in [2.24, 2.45) is 5.92 Å². The summed E-state index contributed by atoms with van der Waals surface area (Å²) in [5, 5.41) is 3.64. The molecule has 3 atom stereocenters. The first-order valence-corrected chi connectivity index (χ1v) is 9.15. The molecular weight excluding hydrogens is 256 g/mol. The molecular formula is C15H28N2OS. The lowest BCUT2D eigenvalue weighted by Gasteiger charge is -2.33. The van der Waals surface area contributed by atoms with Crippen LogP contribution >= 0.6 is 11.8 Å². The van der Waals surface area contributed by atoms with E-state index in [1.807, 2.05) is 11.8 Å². The molecule has 0 aromatic heterocycles. The first kappa shape index (κ1) is 15.2. The summed E-state index contributed by atoms with van der Waals surface area (Å²) in [4.78, 5) is 14.8. The number of carbonyl (C=O) groups is 1. The Balaban J connectivity index is 2.10. The van der Waals surface area contributed by atoms with Crippen LogP contribution in [0.4, 0.5) is 0 Å². The van der Waals surface area contributed by atoms with Crippen LogP contribution in [-0.2, 0) is 4.79 Å². The van der Waals surface area contributed by atoms with Crippen LogP contribution in [0.25, 0.3) is 0 Å². The first-order valence-electron chi connectivity index (χ1n) is 7.76. The predicted octanol–water partition coefficient (Wildman–Crippen LogP) is 2.85. The van der Waals surface area contributed by atoms with Crippen LogP contribution in [0, 0.1) is 5.92 Å². The molecule has 3 unspecified atom stereocenters. The summed E-state index contributed by atoms with van der Waals surface area (Å²) in [7, 11) is 0. The van der Waals surface area contributed by atoms with Gasteiger partial charge in [-0.25, -0.2) is 0 Å². The predicted molar refractivity (Wildman–Crippen MR) is 82.3 cm³/mol. The molecule has 0 radical (unpaired) electrons. The van der Waals surface area contributed by atoms with E-state index < -0.39 is 0 Å². The van der Waals surface area contributed by atoms with E-state index in [-0.39, 0.29) is 6.04 Å². The van der Waals surface area contributed by atoms with Crippen molar-refractivity contribution >= 4 is 17.7 Å². The Labute approximate surface area is 121 Å². The maximum absolute atomic E-state index is 12.6. The van der Waals surface area contributed by atoms with Gasteiger partial charge in [0.2, 0.25) is 5.91 Å². The van der Waals surface area contributed by atoms with Crippen molar-refractivity contribution in [1.82, 2.24) is 10.2 Å².